The molecule has 2 aliphatic heterocycles. The molecule has 2 heterocycles. The minimum atomic E-state index is -0.214. The molecule has 0 saturated carbocycles. The van der Waals surface area contributed by atoms with Gasteiger partial charge in [-0.25, -0.2) is 0 Å². The number of amides is 1. The van der Waals surface area contributed by atoms with Gasteiger partial charge in [0, 0.05) is 11.6 Å². The zero-order valence-electron chi connectivity index (χ0n) is 16.3. The number of benzene rings is 1. The standard InChI is InChI=1S/C20H26N2O6/c1-3-26-20(25)14-4-6-22(7-5-14)12-19(24)21-16-11-18-17(27-8-9-28-18)10-15(16)13(2)23/h10-11,14H,3-9,12H2,1-2H3,(H,21,24). The number of ketones is 1. The number of fused-ring (bicyclic) bond motifs is 1. The van der Waals surface area contributed by atoms with Gasteiger partial charge in [0.1, 0.15) is 13.2 Å². The number of nitrogens with one attached hydrogen (secondary N) is 1. The molecule has 1 amide bonds. The predicted molar refractivity (Wildman–Crippen MR) is 102 cm³/mol. The van der Waals surface area contributed by atoms with E-state index in [1.807, 2.05) is 4.90 Å². The maximum absolute atomic E-state index is 12.5. The van der Waals surface area contributed by atoms with E-state index >= 15 is 0 Å². The molecule has 1 saturated heterocycles. The number of rotatable bonds is 6. The van der Waals surface area contributed by atoms with Gasteiger partial charge in [-0.1, -0.05) is 0 Å². The van der Waals surface area contributed by atoms with Crippen LogP contribution in [0.1, 0.15) is 37.0 Å². The highest BCUT2D eigenvalue weighted by Crippen LogP contribution is 2.36. The number of carbonyl (C=O) groups excluding carboxylic acids is 3. The Morgan fingerprint density at radius 2 is 1.79 bits per heavy atom. The van der Waals surface area contributed by atoms with Crippen LogP contribution in [0.3, 0.4) is 0 Å². The Bertz CT molecular complexity index is 755. The van der Waals surface area contributed by atoms with Crippen molar-refractivity contribution in [3.8, 4) is 11.5 Å². The van der Waals surface area contributed by atoms with E-state index in [9.17, 15) is 14.4 Å². The molecule has 0 aliphatic carbocycles. The molecule has 28 heavy (non-hydrogen) atoms. The third kappa shape index (κ3) is 4.81. The van der Waals surface area contributed by atoms with Gasteiger partial charge >= 0.3 is 5.97 Å². The van der Waals surface area contributed by atoms with Gasteiger partial charge in [0.2, 0.25) is 5.91 Å². The topological polar surface area (TPSA) is 94.2 Å². The largest absolute Gasteiger partial charge is 0.486 e. The van der Waals surface area contributed by atoms with E-state index < -0.39 is 0 Å². The Morgan fingerprint density at radius 1 is 1.14 bits per heavy atom. The first kappa shape index (κ1) is 20.1. The second-order valence-corrected chi connectivity index (χ2v) is 6.95. The summed E-state index contributed by atoms with van der Waals surface area (Å²) >= 11 is 0. The average molecular weight is 390 g/mol. The number of nitrogens with zero attached hydrogens (tertiary/aromatic N) is 1. The average Bonchev–Trinajstić information content (AvgIpc) is 2.68. The van der Waals surface area contributed by atoms with Gasteiger partial charge in [-0.2, -0.15) is 0 Å². The van der Waals surface area contributed by atoms with Crippen molar-refractivity contribution in [2.45, 2.75) is 26.7 Å². The van der Waals surface area contributed by atoms with Crippen LogP contribution in [-0.2, 0) is 14.3 Å². The number of hydrogen-bond donors (Lipinski definition) is 1. The summed E-state index contributed by atoms with van der Waals surface area (Å²) in [5.41, 5.74) is 0.807. The molecule has 1 N–H and O–H groups in total. The van der Waals surface area contributed by atoms with E-state index in [4.69, 9.17) is 14.2 Å². The molecule has 8 heteroatoms. The van der Waals surface area contributed by atoms with Gasteiger partial charge in [0.25, 0.3) is 0 Å². The number of anilines is 1. The van der Waals surface area contributed by atoms with Crippen molar-refractivity contribution in [2.75, 3.05) is 44.8 Å². The van der Waals surface area contributed by atoms with Crippen molar-refractivity contribution in [3.05, 3.63) is 17.7 Å². The van der Waals surface area contributed by atoms with Crippen LogP contribution in [0.5, 0.6) is 11.5 Å². The summed E-state index contributed by atoms with van der Waals surface area (Å²) in [7, 11) is 0. The zero-order valence-corrected chi connectivity index (χ0v) is 16.3. The number of esters is 1. The minimum absolute atomic E-state index is 0.0960. The highest BCUT2D eigenvalue weighted by molar-refractivity contribution is 6.05. The summed E-state index contributed by atoms with van der Waals surface area (Å²) in [6.45, 7) is 5.98. The second kappa shape index (κ2) is 9.05. The number of hydrogen-bond acceptors (Lipinski definition) is 7. The summed E-state index contributed by atoms with van der Waals surface area (Å²) < 4.78 is 16.1. The van der Waals surface area contributed by atoms with Crippen LogP contribution in [-0.4, -0.2) is 62.0 Å². The van der Waals surface area contributed by atoms with Crippen molar-refractivity contribution in [2.24, 2.45) is 5.92 Å². The lowest BCUT2D eigenvalue weighted by molar-refractivity contribution is -0.149. The first-order valence-corrected chi connectivity index (χ1v) is 9.61. The molecule has 0 atom stereocenters. The van der Waals surface area contributed by atoms with E-state index in [0.717, 1.165) is 0 Å². The highest BCUT2D eigenvalue weighted by atomic mass is 16.6. The van der Waals surface area contributed by atoms with Gasteiger partial charge < -0.3 is 19.5 Å². The Kier molecular flexibility index (Phi) is 6.51. The second-order valence-electron chi connectivity index (χ2n) is 6.95. The van der Waals surface area contributed by atoms with Crippen molar-refractivity contribution in [1.82, 2.24) is 4.90 Å². The van der Waals surface area contributed by atoms with E-state index in [2.05, 4.69) is 5.32 Å². The Morgan fingerprint density at radius 3 is 2.39 bits per heavy atom. The summed E-state index contributed by atoms with van der Waals surface area (Å²) in [5.74, 6) is 0.393. The number of piperidine rings is 1. The van der Waals surface area contributed by atoms with Crippen LogP contribution in [0.2, 0.25) is 0 Å². The third-order valence-corrected chi connectivity index (χ3v) is 4.91. The van der Waals surface area contributed by atoms with E-state index in [-0.39, 0.29) is 30.1 Å². The number of carbonyl (C=O) groups is 3. The third-order valence-electron chi connectivity index (χ3n) is 4.91. The molecule has 0 bridgehead atoms. The van der Waals surface area contributed by atoms with Crippen LogP contribution in [0.4, 0.5) is 5.69 Å². The molecule has 0 spiro atoms. The van der Waals surface area contributed by atoms with Gasteiger partial charge in [0.15, 0.2) is 17.3 Å². The fourth-order valence-electron chi connectivity index (χ4n) is 3.46. The smallest absolute Gasteiger partial charge is 0.309 e. The molecule has 1 fully saturated rings. The van der Waals surface area contributed by atoms with Crippen molar-refractivity contribution < 1.29 is 28.6 Å². The first-order valence-electron chi connectivity index (χ1n) is 9.61. The monoisotopic (exact) mass is 390 g/mol. The molecule has 1 aromatic carbocycles. The Hall–Kier alpha value is -2.61. The van der Waals surface area contributed by atoms with E-state index in [1.54, 1.807) is 19.1 Å². The quantitative estimate of drug-likeness (QED) is 0.585. The Labute approximate surface area is 164 Å². The summed E-state index contributed by atoms with van der Waals surface area (Å²) in [5, 5.41) is 2.81. The Balaban J connectivity index is 1.59. The van der Waals surface area contributed by atoms with Crippen molar-refractivity contribution >= 4 is 23.3 Å². The van der Waals surface area contributed by atoms with Crippen LogP contribution in [0.25, 0.3) is 0 Å². The van der Waals surface area contributed by atoms with Crippen LogP contribution < -0.4 is 14.8 Å². The summed E-state index contributed by atoms with van der Waals surface area (Å²) in [6, 6.07) is 3.24. The molecule has 0 aromatic heterocycles. The molecule has 8 nitrogen and oxygen atoms in total. The van der Waals surface area contributed by atoms with Gasteiger partial charge in [0.05, 0.1) is 24.8 Å². The molecular formula is C20H26N2O6. The lowest BCUT2D eigenvalue weighted by Crippen LogP contribution is -2.41. The molecule has 0 radical (unpaired) electrons. The SMILES string of the molecule is CCOC(=O)C1CCN(CC(=O)Nc2cc3c(cc2C(C)=O)OCCO3)CC1. The summed E-state index contributed by atoms with van der Waals surface area (Å²) in [6.07, 6.45) is 1.35. The van der Waals surface area contributed by atoms with E-state index in [0.29, 0.717) is 68.5 Å². The van der Waals surface area contributed by atoms with Gasteiger partial charge in [-0.3, -0.25) is 19.3 Å². The predicted octanol–water partition coefficient (Wildman–Crippen LogP) is 1.87. The molecule has 0 unspecified atom stereocenters. The van der Waals surface area contributed by atoms with Crippen molar-refractivity contribution in [1.29, 1.82) is 0 Å². The summed E-state index contributed by atoms with van der Waals surface area (Å²) in [4.78, 5) is 38.3. The maximum atomic E-state index is 12.5. The van der Waals surface area contributed by atoms with Crippen LogP contribution in [0, 0.1) is 5.92 Å². The fourth-order valence-corrected chi connectivity index (χ4v) is 3.46. The molecule has 3 rings (SSSR count). The molecule has 152 valence electrons. The van der Waals surface area contributed by atoms with Gasteiger partial charge in [-0.15, -0.1) is 0 Å². The van der Waals surface area contributed by atoms with E-state index in [1.165, 1.54) is 6.92 Å². The van der Waals surface area contributed by atoms with Gasteiger partial charge in [-0.05, 0) is 45.8 Å². The normalized spacial score (nSPS) is 17.1. The lowest BCUT2D eigenvalue weighted by Gasteiger charge is -2.30. The first-order chi connectivity index (χ1) is 13.5. The van der Waals surface area contributed by atoms with Crippen molar-refractivity contribution in [3.63, 3.8) is 0 Å². The zero-order chi connectivity index (χ0) is 20.1. The molecular weight excluding hydrogens is 364 g/mol. The highest BCUT2D eigenvalue weighted by Gasteiger charge is 2.27. The maximum Gasteiger partial charge on any atom is 0.309 e. The molecule has 2 aliphatic rings. The van der Waals surface area contributed by atoms with Crippen LogP contribution >= 0.6 is 0 Å². The number of likely N-dealkylation sites (tertiary alicyclic amines) is 1. The minimum Gasteiger partial charge on any atom is -0.486 e. The fraction of sp³-hybridized carbons (Fsp3) is 0.550. The number of Topliss-reactive ketones (excluding diaryl/α,β-unsaturated/α-hetero) is 1. The van der Waals surface area contributed by atoms with Crippen LogP contribution in [0.15, 0.2) is 12.1 Å². The number of ether oxygens (including phenoxy) is 3. The lowest BCUT2D eigenvalue weighted by atomic mass is 9.97. The molecule has 1 aromatic rings.